The lowest BCUT2D eigenvalue weighted by Gasteiger charge is -2.06. The van der Waals surface area contributed by atoms with E-state index in [0.29, 0.717) is 11.3 Å². The number of aliphatic hydroxyl groups is 1. The Balaban J connectivity index is 2.12. The van der Waals surface area contributed by atoms with Crippen LogP contribution in [0, 0.1) is 0 Å². The lowest BCUT2D eigenvalue weighted by Crippen LogP contribution is -2.16. The maximum absolute atomic E-state index is 12.0. The third kappa shape index (κ3) is 2.26. The third-order valence-corrected chi connectivity index (χ3v) is 4.74. The van der Waals surface area contributed by atoms with Crippen molar-refractivity contribution in [3.63, 3.8) is 0 Å². The molecule has 0 heterocycles. The van der Waals surface area contributed by atoms with Gasteiger partial charge < -0.3 is 9.84 Å². The zero-order chi connectivity index (χ0) is 11.8. The lowest BCUT2D eigenvalue weighted by atomic mass is 10.4. The Labute approximate surface area is 94.8 Å². The zero-order valence-electron chi connectivity index (χ0n) is 8.91. The van der Waals surface area contributed by atoms with Crippen LogP contribution in [0.25, 0.3) is 0 Å². The summed E-state index contributed by atoms with van der Waals surface area (Å²) >= 11 is 0. The molecule has 1 fully saturated rings. The highest BCUT2D eigenvalue weighted by Gasteiger charge is 2.49. The summed E-state index contributed by atoms with van der Waals surface area (Å²) < 4.78 is 29.1. The summed E-state index contributed by atoms with van der Waals surface area (Å²) in [6.07, 6.45) is -0.826. The molecule has 3 atom stereocenters. The number of sulfone groups is 1. The summed E-state index contributed by atoms with van der Waals surface area (Å²) in [4.78, 5) is 0.316. The third-order valence-electron chi connectivity index (χ3n) is 2.52. The molecular formula is C11H14O4S. The van der Waals surface area contributed by atoms with Gasteiger partial charge in [0.15, 0.2) is 16.1 Å². The summed E-state index contributed by atoms with van der Waals surface area (Å²) in [5.74, 6) is 0. The van der Waals surface area contributed by atoms with Crippen molar-refractivity contribution < 1.29 is 18.3 Å². The van der Waals surface area contributed by atoms with E-state index in [0.717, 1.165) is 0 Å². The van der Waals surface area contributed by atoms with Crippen molar-refractivity contribution in [2.45, 2.75) is 35.9 Å². The molecule has 0 radical (unpaired) electrons. The molecule has 5 heteroatoms. The molecule has 1 aromatic rings. The molecule has 1 aromatic carbocycles. The van der Waals surface area contributed by atoms with E-state index in [-0.39, 0.29) is 6.10 Å². The van der Waals surface area contributed by atoms with Crippen LogP contribution in [0.3, 0.4) is 0 Å². The van der Waals surface area contributed by atoms with Gasteiger partial charge in [-0.3, -0.25) is 0 Å². The molecule has 3 unspecified atom stereocenters. The number of benzene rings is 1. The van der Waals surface area contributed by atoms with Gasteiger partial charge in [-0.05, 0) is 25.5 Å². The Morgan fingerprint density at radius 2 is 2.00 bits per heavy atom. The number of aliphatic hydroxyl groups excluding tert-OH is 1. The first-order chi connectivity index (χ1) is 7.51. The highest BCUT2D eigenvalue weighted by molar-refractivity contribution is 7.92. The maximum atomic E-state index is 12.0. The van der Waals surface area contributed by atoms with E-state index in [9.17, 15) is 8.42 Å². The largest absolute Gasteiger partial charge is 0.368 e. The van der Waals surface area contributed by atoms with Crippen LogP contribution >= 0.6 is 0 Å². The molecule has 0 saturated heterocycles. The molecule has 0 amide bonds. The van der Waals surface area contributed by atoms with E-state index in [1.807, 2.05) is 0 Å². The molecule has 88 valence electrons. The first-order valence-corrected chi connectivity index (χ1v) is 6.69. The van der Waals surface area contributed by atoms with Gasteiger partial charge in [0.1, 0.15) is 0 Å². The van der Waals surface area contributed by atoms with Crippen molar-refractivity contribution in [1.82, 2.24) is 0 Å². The number of ether oxygens (including phenoxy) is 1. The van der Waals surface area contributed by atoms with Crippen LogP contribution in [0.1, 0.15) is 13.3 Å². The van der Waals surface area contributed by atoms with Crippen molar-refractivity contribution in [1.29, 1.82) is 0 Å². The van der Waals surface area contributed by atoms with Crippen molar-refractivity contribution in [2.75, 3.05) is 0 Å². The van der Waals surface area contributed by atoms with Gasteiger partial charge in [-0.1, -0.05) is 18.2 Å². The summed E-state index contributed by atoms with van der Waals surface area (Å²) in [5, 5.41) is 8.49. The van der Waals surface area contributed by atoms with Crippen LogP contribution < -0.4 is 0 Å². The predicted octanol–water partition coefficient (Wildman–Crippen LogP) is 0.956. The Morgan fingerprint density at radius 1 is 1.38 bits per heavy atom. The van der Waals surface area contributed by atoms with Gasteiger partial charge in [0.25, 0.3) is 0 Å². The van der Waals surface area contributed by atoms with Crippen molar-refractivity contribution in [2.24, 2.45) is 0 Å². The van der Waals surface area contributed by atoms with Crippen molar-refractivity contribution in [3.05, 3.63) is 30.3 Å². The molecule has 0 spiro atoms. The normalized spacial score (nSPS) is 26.4. The highest BCUT2D eigenvalue weighted by Crippen LogP contribution is 2.37. The average molecular weight is 242 g/mol. The summed E-state index contributed by atoms with van der Waals surface area (Å²) in [7, 11) is -3.30. The molecule has 1 N–H and O–H groups in total. The Hall–Kier alpha value is -0.910. The fraction of sp³-hybridized carbons (Fsp3) is 0.455. The van der Waals surface area contributed by atoms with Gasteiger partial charge in [0, 0.05) is 0 Å². The van der Waals surface area contributed by atoms with E-state index < -0.39 is 21.4 Å². The molecule has 16 heavy (non-hydrogen) atoms. The van der Waals surface area contributed by atoms with Gasteiger partial charge in [0.2, 0.25) is 0 Å². The SMILES string of the molecule is CC(O)OC1CC1S(=O)(=O)c1ccccc1. The standard InChI is InChI=1S/C11H14O4S/c1-8(12)15-10-7-11(10)16(13,14)9-5-3-2-4-6-9/h2-6,8,10-12H,7H2,1H3. The monoisotopic (exact) mass is 242 g/mol. The molecular weight excluding hydrogens is 228 g/mol. The Morgan fingerprint density at radius 3 is 2.56 bits per heavy atom. The summed E-state index contributed by atoms with van der Waals surface area (Å²) in [6, 6.07) is 8.31. The zero-order valence-corrected chi connectivity index (χ0v) is 9.72. The predicted molar refractivity (Wildman–Crippen MR) is 58.6 cm³/mol. The van der Waals surface area contributed by atoms with Crippen molar-refractivity contribution in [3.8, 4) is 0 Å². The van der Waals surface area contributed by atoms with Crippen LogP contribution in [-0.2, 0) is 14.6 Å². The van der Waals surface area contributed by atoms with Crippen molar-refractivity contribution >= 4 is 9.84 Å². The quantitative estimate of drug-likeness (QED) is 0.799. The summed E-state index contributed by atoms with van der Waals surface area (Å²) in [5.41, 5.74) is 0. The first-order valence-electron chi connectivity index (χ1n) is 5.14. The van der Waals surface area contributed by atoms with Gasteiger partial charge in [-0.25, -0.2) is 8.42 Å². The second kappa shape index (κ2) is 4.16. The topological polar surface area (TPSA) is 63.6 Å². The maximum Gasteiger partial charge on any atom is 0.183 e. The number of rotatable bonds is 4. The molecule has 4 nitrogen and oxygen atoms in total. The number of hydrogen-bond acceptors (Lipinski definition) is 4. The minimum atomic E-state index is -3.30. The Bertz CT molecular complexity index is 452. The lowest BCUT2D eigenvalue weighted by molar-refractivity contribution is -0.0934. The molecule has 0 aliphatic heterocycles. The second-order valence-corrected chi connectivity index (χ2v) is 6.07. The van der Waals surface area contributed by atoms with E-state index in [1.54, 1.807) is 30.3 Å². The fourth-order valence-electron chi connectivity index (χ4n) is 1.66. The number of hydrogen-bond donors (Lipinski definition) is 1. The molecule has 1 aliphatic rings. The second-order valence-electron chi connectivity index (χ2n) is 3.91. The van der Waals surface area contributed by atoms with Crippen LogP contribution in [0.5, 0.6) is 0 Å². The molecule has 0 aromatic heterocycles. The fourth-order valence-corrected chi connectivity index (χ4v) is 3.45. The van der Waals surface area contributed by atoms with E-state index in [4.69, 9.17) is 9.84 Å². The van der Waals surface area contributed by atoms with Gasteiger partial charge in [0.05, 0.1) is 16.2 Å². The van der Waals surface area contributed by atoms with Crippen LogP contribution in [0.4, 0.5) is 0 Å². The van der Waals surface area contributed by atoms with E-state index >= 15 is 0 Å². The van der Waals surface area contributed by atoms with Gasteiger partial charge >= 0.3 is 0 Å². The van der Waals surface area contributed by atoms with Crippen LogP contribution in [0.2, 0.25) is 0 Å². The smallest absolute Gasteiger partial charge is 0.183 e. The first kappa shape index (κ1) is 11.6. The van der Waals surface area contributed by atoms with E-state index in [2.05, 4.69) is 0 Å². The highest BCUT2D eigenvalue weighted by atomic mass is 32.2. The minimum Gasteiger partial charge on any atom is -0.368 e. The molecule has 1 saturated carbocycles. The molecule has 0 bridgehead atoms. The van der Waals surface area contributed by atoms with E-state index in [1.165, 1.54) is 6.92 Å². The van der Waals surface area contributed by atoms with Crippen LogP contribution in [-0.4, -0.2) is 31.2 Å². The molecule has 1 aliphatic carbocycles. The summed E-state index contributed by atoms with van der Waals surface area (Å²) in [6.45, 7) is 1.48. The molecule has 2 rings (SSSR count). The van der Waals surface area contributed by atoms with Gasteiger partial charge in [-0.15, -0.1) is 0 Å². The average Bonchev–Trinajstić information content (AvgIpc) is 2.98. The minimum absolute atomic E-state index is 0.316. The Kier molecular flexibility index (Phi) is 3.01. The van der Waals surface area contributed by atoms with Crippen LogP contribution in [0.15, 0.2) is 35.2 Å². The van der Waals surface area contributed by atoms with Gasteiger partial charge in [-0.2, -0.15) is 0 Å².